The summed E-state index contributed by atoms with van der Waals surface area (Å²) in [6.45, 7) is 2.09. The first kappa shape index (κ1) is 12.2. The number of benzene rings is 1. The van der Waals surface area contributed by atoms with Crippen LogP contribution < -0.4 is 5.73 Å². The van der Waals surface area contributed by atoms with Gasteiger partial charge in [0.15, 0.2) is 0 Å². The van der Waals surface area contributed by atoms with Crippen molar-refractivity contribution in [3.05, 3.63) is 46.6 Å². The summed E-state index contributed by atoms with van der Waals surface area (Å²) in [6, 6.07) is 10.4. The molecule has 0 radical (unpaired) electrons. The summed E-state index contributed by atoms with van der Waals surface area (Å²) in [4.78, 5) is 0. The Kier molecular flexibility index (Phi) is 3.33. The molecule has 1 aromatic heterocycles. The second-order valence-corrected chi connectivity index (χ2v) is 4.37. The average Bonchev–Trinajstić information content (AvgIpc) is 2.64. The Labute approximate surface area is 107 Å². The highest BCUT2D eigenvalue weighted by Crippen LogP contribution is 2.17. The lowest BCUT2D eigenvalue weighted by molar-refractivity contribution is 0.745. The third-order valence-electron chi connectivity index (χ3n) is 3.17. The number of aryl methyl sites for hydroxylation is 4. The van der Waals surface area contributed by atoms with Gasteiger partial charge in [-0.25, -0.2) is 0 Å². The van der Waals surface area contributed by atoms with Crippen molar-refractivity contribution in [1.29, 1.82) is 5.26 Å². The monoisotopic (exact) mass is 240 g/mol. The fourth-order valence-corrected chi connectivity index (χ4v) is 2.04. The smallest absolute Gasteiger partial charge is 0.139 e. The molecule has 4 heteroatoms. The van der Waals surface area contributed by atoms with E-state index in [0.717, 1.165) is 18.5 Å². The molecule has 0 saturated carbocycles. The topological polar surface area (TPSA) is 67.6 Å². The van der Waals surface area contributed by atoms with Crippen LogP contribution in [0.15, 0.2) is 24.3 Å². The Balaban J connectivity index is 2.19. The van der Waals surface area contributed by atoms with Crippen molar-refractivity contribution < 1.29 is 0 Å². The van der Waals surface area contributed by atoms with Crippen LogP contribution in [0.5, 0.6) is 0 Å². The molecule has 0 aliphatic heterocycles. The second kappa shape index (κ2) is 4.92. The lowest BCUT2D eigenvalue weighted by atomic mass is 10.0. The molecule has 0 aliphatic carbocycles. The zero-order chi connectivity index (χ0) is 13.1. The zero-order valence-corrected chi connectivity index (χ0v) is 10.6. The number of nitrogens with zero attached hydrogens (tertiary/aromatic N) is 3. The Hall–Kier alpha value is -2.28. The van der Waals surface area contributed by atoms with Crippen molar-refractivity contribution >= 4 is 5.82 Å². The van der Waals surface area contributed by atoms with Gasteiger partial charge in [0.25, 0.3) is 0 Å². The van der Waals surface area contributed by atoms with Crippen molar-refractivity contribution in [1.82, 2.24) is 9.78 Å². The molecule has 2 N–H and O–H groups in total. The third-order valence-corrected chi connectivity index (χ3v) is 3.17. The van der Waals surface area contributed by atoms with Gasteiger partial charge in [0, 0.05) is 7.05 Å². The standard InChI is InChI=1S/C14H16N4/c1-10-5-3-4-6-11(10)7-8-13-12(9-15)14(16)18(2)17-13/h3-6H,7-8,16H2,1-2H3. The first-order valence-electron chi connectivity index (χ1n) is 5.89. The number of rotatable bonds is 3. The molecule has 1 aromatic carbocycles. The SMILES string of the molecule is Cc1ccccc1CCc1nn(C)c(N)c1C#N. The van der Waals surface area contributed by atoms with Gasteiger partial charge in [-0.15, -0.1) is 0 Å². The minimum atomic E-state index is 0.442. The summed E-state index contributed by atoms with van der Waals surface area (Å²) in [6.07, 6.45) is 1.61. The molecular weight excluding hydrogens is 224 g/mol. The molecule has 0 atom stereocenters. The molecule has 0 amide bonds. The lowest BCUT2D eigenvalue weighted by Crippen LogP contribution is -1.98. The molecule has 2 rings (SSSR count). The highest BCUT2D eigenvalue weighted by atomic mass is 15.3. The first-order chi connectivity index (χ1) is 8.63. The van der Waals surface area contributed by atoms with Crippen LogP contribution >= 0.6 is 0 Å². The van der Waals surface area contributed by atoms with E-state index >= 15 is 0 Å². The van der Waals surface area contributed by atoms with Crippen molar-refractivity contribution in [3.63, 3.8) is 0 Å². The average molecular weight is 240 g/mol. The van der Waals surface area contributed by atoms with Crippen LogP contribution in [0, 0.1) is 18.3 Å². The largest absolute Gasteiger partial charge is 0.383 e. The van der Waals surface area contributed by atoms with E-state index in [1.54, 1.807) is 11.7 Å². The van der Waals surface area contributed by atoms with Gasteiger partial charge in [0.2, 0.25) is 0 Å². The van der Waals surface area contributed by atoms with Crippen LogP contribution in [0.25, 0.3) is 0 Å². The number of nitrogens with two attached hydrogens (primary N) is 1. The van der Waals surface area contributed by atoms with Gasteiger partial charge < -0.3 is 5.73 Å². The maximum absolute atomic E-state index is 9.08. The maximum Gasteiger partial charge on any atom is 0.139 e. The highest BCUT2D eigenvalue weighted by Gasteiger charge is 2.13. The molecule has 0 spiro atoms. The van der Waals surface area contributed by atoms with E-state index in [1.807, 2.05) is 12.1 Å². The second-order valence-electron chi connectivity index (χ2n) is 4.37. The van der Waals surface area contributed by atoms with Gasteiger partial charge in [-0.3, -0.25) is 4.68 Å². The molecule has 4 nitrogen and oxygen atoms in total. The molecule has 0 fully saturated rings. The third kappa shape index (κ3) is 2.21. The summed E-state index contributed by atoms with van der Waals surface area (Å²) in [5.74, 6) is 0.442. The Bertz CT molecular complexity index is 605. The summed E-state index contributed by atoms with van der Waals surface area (Å²) in [5.41, 5.74) is 9.62. The van der Waals surface area contributed by atoms with Crippen molar-refractivity contribution in [2.24, 2.45) is 7.05 Å². The number of hydrogen-bond donors (Lipinski definition) is 1. The number of nitrogen functional groups attached to an aromatic ring is 1. The van der Waals surface area contributed by atoms with E-state index in [-0.39, 0.29) is 0 Å². The van der Waals surface area contributed by atoms with Crippen LogP contribution in [-0.4, -0.2) is 9.78 Å². The predicted octanol–water partition coefficient (Wildman–Crippen LogP) is 1.97. The lowest BCUT2D eigenvalue weighted by Gasteiger charge is -2.03. The number of aromatic nitrogens is 2. The van der Waals surface area contributed by atoms with Crippen molar-refractivity contribution in [2.45, 2.75) is 19.8 Å². The van der Waals surface area contributed by atoms with Crippen molar-refractivity contribution in [2.75, 3.05) is 5.73 Å². The van der Waals surface area contributed by atoms with E-state index in [4.69, 9.17) is 11.0 Å². The minimum absolute atomic E-state index is 0.442. The summed E-state index contributed by atoms with van der Waals surface area (Å²) < 4.78 is 1.56. The van der Waals surface area contributed by atoms with E-state index < -0.39 is 0 Å². The van der Waals surface area contributed by atoms with E-state index in [2.05, 4.69) is 30.2 Å². The molecule has 18 heavy (non-hydrogen) atoms. The minimum Gasteiger partial charge on any atom is -0.383 e. The van der Waals surface area contributed by atoms with Crippen LogP contribution in [0.1, 0.15) is 22.4 Å². The molecule has 0 saturated heterocycles. The fraction of sp³-hybridized carbons (Fsp3) is 0.286. The maximum atomic E-state index is 9.08. The molecule has 1 heterocycles. The van der Waals surface area contributed by atoms with Crippen molar-refractivity contribution in [3.8, 4) is 6.07 Å². The van der Waals surface area contributed by atoms with Crippen LogP contribution in [0.2, 0.25) is 0 Å². The van der Waals surface area contributed by atoms with Gasteiger partial charge in [-0.05, 0) is 30.9 Å². The zero-order valence-electron chi connectivity index (χ0n) is 10.6. The van der Waals surface area contributed by atoms with Gasteiger partial charge in [-0.1, -0.05) is 24.3 Å². The quantitative estimate of drug-likeness (QED) is 0.891. The number of hydrogen-bond acceptors (Lipinski definition) is 3. The van der Waals surface area contributed by atoms with Crippen LogP contribution in [0.3, 0.4) is 0 Å². The van der Waals surface area contributed by atoms with Gasteiger partial charge in [-0.2, -0.15) is 10.4 Å². The van der Waals surface area contributed by atoms with E-state index in [0.29, 0.717) is 11.4 Å². The van der Waals surface area contributed by atoms with Gasteiger partial charge in [0.1, 0.15) is 17.5 Å². The molecule has 0 aliphatic rings. The van der Waals surface area contributed by atoms with Gasteiger partial charge in [0.05, 0.1) is 5.69 Å². The fourth-order valence-electron chi connectivity index (χ4n) is 2.04. The Morgan fingerprint density at radius 1 is 1.33 bits per heavy atom. The van der Waals surface area contributed by atoms with Crippen LogP contribution in [0.4, 0.5) is 5.82 Å². The van der Waals surface area contributed by atoms with E-state index in [9.17, 15) is 0 Å². The normalized spacial score (nSPS) is 10.3. The highest BCUT2D eigenvalue weighted by molar-refractivity contribution is 5.52. The number of anilines is 1. The molecule has 92 valence electrons. The molecule has 0 unspecified atom stereocenters. The Morgan fingerprint density at radius 2 is 2.06 bits per heavy atom. The summed E-state index contributed by atoms with van der Waals surface area (Å²) in [5, 5.41) is 13.4. The Morgan fingerprint density at radius 3 is 2.72 bits per heavy atom. The van der Waals surface area contributed by atoms with Gasteiger partial charge >= 0.3 is 0 Å². The van der Waals surface area contributed by atoms with E-state index in [1.165, 1.54) is 11.1 Å². The number of nitriles is 1. The summed E-state index contributed by atoms with van der Waals surface area (Å²) >= 11 is 0. The first-order valence-corrected chi connectivity index (χ1v) is 5.89. The van der Waals surface area contributed by atoms with Crippen LogP contribution in [-0.2, 0) is 19.9 Å². The summed E-state index contributed by atoms with van der Waals surface area (Å²) in [7, 11) is 1.76. The molecule has 0 bridgehead atoms. The molecular formula is C14H16N4. The predicted molar refractivity (Wildman–Crippen MR) is 70.9 cm³/mol. The molecule has 2 aromatic rings.